The Morgan fingerprint density at radius 1 is 1.22 bits per heavy atom. The molecule has 0 saturated carbocycles. The van der Waals surface area contributed by atoms with Gasteiger partial charge in [0.05, 0.1) is 29.6 Å². The van der Waals surface area contributed by atoms with Crippen LogP contribution in [0.5, 0.6) is 0 Å². The van der Waals surface area contributed by atoms with Crippen molar-refractivity contribution in [2.24, 2.45) is 0 Å². The SMILES string of the molecule is Cc1cccc(C(=O)N2CCN(Cc3nc[nH]c3C)[C@@H]3CS(=O)(=O)C[C@@H]32)n1. The highest BCUT2D eigenvalue weighted by Crippen LogP contribution is 2.29. The van der Waals surface area contributed by atoms with Crippen LogP contribution in [0.1, 0.15) is 27.6 Å². The third kappa shape index (κ3) is 3.49. The number of H-pyrrole nitrogens is 1. The molecular formula is C18H23N5O3S. The van der Waals surface area contributed by atoms with E-state index in [1.54, 1.807) is 23.4 Å². The number of aromatic nitrogens is 3. The minimum atomic E-state index is -3.19. The van der Waals surface area contributed by atoms with Crippen molar-refractivity contribution in [2.45, 2.75) is 32.5 Å². The lowest BCUT2D eigenvalue weighted by Gasteiger charge is -2.43. The van der Waals surface area contributed by atoms with Crippen LogP contribution in [0.15, 0.2) is 24.5 Å². The predicted octanol–water partition coefficient (Wildman–Crippen LogP) is 0.545. The minimum absolute atomic E-state index is 0.00523. The number of carbonyl (C=O) groups excluding carboxylic acids is 1. The van der Waals surface area contributed by atoms with E-state index in [0.717, 1.165) is 17.1 Å². The lowest BCUT2D eigenvalue weighted by atomic mass is 10.0. The molecule has 144 valence electrons. The zero-order valence-corrected chi connectivity index (χ0v) is 16.2. The molecule has 27 heavy (non-hydrogen) atoms. The number of rotatable bonds is 3. The average molecular weight is 389 g/mol. The van der Waals surface area contributed by atoms with Gasteiger partial charge in [0.2, 0.25) is 0 Å². The van der Waals surface area contributed by atoms with Crippen molar-refractivity contribution >= 4 is 15.7 Å². The van der Waals surface area contributed by atoms with Crippen LogP contribution in [0.25, 0.3) is 0 Å². The fourth-order valence-electron chi connectivity index (χ4n) is 4.02. The van der Waals surface area contributed by atoms with Gasteiger partial charge in [0, 0.05) is 37.1 Å². The Kier molecular flexibility index (Phi) is 4.51. The Labute approximate surface area is 158 Å². The normalized spacial score (nSPS) is 24.7. The monoisotopic (exact) mass is 389 g/mol. The number of fused-ring (bicyclic) bond motifs is 1. The van der Waals surface area contributed by atoms with Crippen molar-refractivity contribution in [1.29, 1.82) is 0 Å². The molecule has 0 spiro atoms. The highest BCUT2D eigenvalue weighted by molar-refractivity contribution is 7.91. The van der Waals surface area contributed by atoms with Crippen molar-refractivity contribution in [2.75, 3.05) is 24.6 Å². The maximum absolute atomic E-state index is 13.0. The highest BCUT2D eigenvalue weighted by atomic mass is 32.2. The maximum Gasteiger partial charge on any atom is 0.272 e. The molecule has 8 nitrogen and oxygen atoms in total. The molecule has 0 aliphatic carbocycles. The molecule has 2 aliphatic rings. The van der Waals surface area contributed by atoms with Crippen LogP contribution in [0.3, 0.4) is 0 Å². The molecule has 0 unspecified atom stereocenters. The zero-order chi connectivity index (χ0) is 19.2. The molecule has 4 rings (SSSR count). The van der Waals surface area contributed by atoms with Crippen molar-refractivity contribution < 1.29 is 13.2 Å². The number of hydrogen-bond acceptors (Lipinski definition) is 6. The van der Waals surface area contributed by atoms with Gasteiger partial charge >= 0.3 is 0 Å². The largest absolute Gasteiger partial charge is 0.348 e. The van der Waals surface area contributed by atoms with Crippen LogP contribution in [-0.4, -0.2) is 75.8 Å². The van der Waals surface area contributed by atoms with E-state index in [-0.39, 0.29) is 29.5 Å². The van der Waals surface area contributed by atoms with Crippen molar-refractivity contribution in [3.05, 3.63) is 47.3 Å². The zero-order valence-electron chi connectivity index (χ0n) is 15.4. The summed E-state index contributed by atoms with van der Waals surface area (Å²) >= 11 is 0. The van der Waals surface area contributed by atoms with E-state index in [9.17, 15) is 13.2 Å². The van der Waals surface area contributed by atoms with Crippen molar-refractivity contribution in [1.82, 2.24) is 24.8 Å². The van der Waals surface area contributed by atoms with Gasteiger partial charge in [-0.25, -0.2) is 18.4 Å². The van der Waals surface area contributed by atoms with Gasteiger partial charge in [-0.1, -0.05) is 6.07 Å². The number of aryl methyl sites for hydroxylation is 2. The van der Waals surface area contributed by atoms with Crippen LogP contribution in [0, 0.1) is 13.8 Å². The number of amides is 1. The molecule has 2 fully saturated rings. The van der Waals surface area contributed by atoms with Crippen molar-refractivity contribution in [3.8, 4) is 0 Å². The molecule has 0 radical (unpaired) electrons. The van der Waals surface area contributed by atoms with Crippen LogP contribution in [0.4, 0.5) is 0 Å². The van der Waals surface area contributed by atoms with Gasteiger partial charge in [0.1, 0.15) is 5.69 Å². The predicted molar refractivity (Wildman–Crippen MR) is 100.0 cm³/mol. The van der Waals surface area contributed by atoms with Crippen molar-refractivity contribution in [3.63, 3.8) is 0 Å². The summed E-state index contributed by atoms with van der Waals surface area (Å²) in [5.41, 5.74) is 3.03. The fourth-order valence-corrected chi connectivity index (χ4v) is 6.03. The summed E-state index contributed by atoms with van der Waals surface area (Å²) in [7, 11) is -3.19. The third-order valence-corrected chi connectivity index (χ3v) is 7.15. The number of piperazine rings is 1. The van der Waals surface area contributed by atoms with Gasteiger partial charge in [-0.15, -0.1) is 0 Å². The van der Waals surface area contributed by atoms with E-state index in [1.165, 1.54) is 0 Å². The number of nitrogens with zero attached hydrogens (tertiary/aromatic N) is 4. The molecule has 4 heterocycles. The molecule has 2 aromatic rings. The topological polar surface area (TPSA) is 99.3 Å². The van der Waals surface area contributed by atoms with Crippen LogP contribution < -0.4 is 0 Å². The van der Waals surface area contributed by atoms with Crippen LogP contribution in [-0.2, 0) is 16.4 Å². The average Bonchev–Trinajstić information content (AvgIpc) is 3.16. The minimum Gasteiger partial charge on any atom is -0.348 e. The van der Waals surface area contributed by atoms with Crippen LogP contribution >= 0.6 is 0 Å². The molecule has 0 aromatic carbocycles. The molecule has 2 aromatic heterocycles. The fraction of sp³-hybridized carbons (Fsp3) is 0.500. The first-order chi connectivity index (χ1) is 12.8. The smallest absolute Gasteiger partial charge is 0.272 e. The third-order valence-electron chi connectivity index (χ3n) is 5.45. The van der Waals surface area contributed by atoms with Crippen LogP contribution in [0.2, 0.25) is 0 Å². The second kappa shape index (κ2) is 6.72. The second-order valence-electron chi connectivity index (χ2n) is 7.32. The Bertz CT molecular complexity index is 971. The lowest BCUT2D eigenvalue weighted by Crippen LogP contribution is -2.60. The number of imidazole rings is 1. The number of sulfone groups is 1. The second-order valence-corrected chi connectivity index (χ2v) is 9.47. The number of hydrogen-bond donors (Lipinski definition) is 1. The Hall–Kier alpha value is -2.26. The quantitative estimate of drug-likeness (QED) is 0.823. The number of nitrogens with one attached hydrogen (secondary N) is 1. The Morgan fingerprint density at radius 2 is 2.00 bits per heavy atom. The lowest BCUT2D eigenvalue weighted by molar-refractivity contribution is 0.0297. The van der Waals surface area contributed by atoms with E-state index in [0.29, 0.717) is 25.3 Å². The van der Waals surface area contributed by atoms with E-state index >= 15 is 0 Å². The molecule has 0 bridgehead atoms. The summed E-state index contributed by atoms with van der Waals surface area (Å²) < 4.78 is 24.7. The highest BCUT2D eigenvalue weighted by Gasteiger charge is 2.48. The van der Waals surface area contributed by atoms with E-state index in [4.69, 9.17) is 0 Å². The summed E-state index contributed by atoms with van der Waals surface area (Å²) in [6.45, 7) is 5.46. The van der Waals surface area contributed by atoms with E-state index in [1.807, 2.05) is 19.9 Å². The summed E-state index contributed by atoms with van der Waals surface area (Å²) in [6, 6.07) is 4.76. The molecule has 1 N–H and O–H groups in total. The van der Waals surface area contributed by atoms with Gasteiger partial charge in [0.25, 0.3) is 5.91 Å². The maximum atomic E-state index is 13.0. The molecule has 9 heteroatoms. The Morgan fingerprint density at radius 3 is 2.70 bits per heavy atom. The number of aromatic amines is 1. The molecule has 2 atom stereocenters. The molecule has 2 saturated heterocycles. The Balaban J connectivity index is 1.60. The standard InChI is InChI=1S/C18H23N5O3S/c1-12-4-3-5-14(21-12)18(24)23-7-6-22(8-15-13(2)19-11-20-15)16-9-27(25,26)10-17(16)23/h3-5,11,16-17H,6-10H2,1-2H3,(H,19,20)/t16-,17+/m1/s1. The van der Waals surface area contributed by atoms with E-state index in [2.05, 4.69) is 19.9 Å². The van der Waals surface area contributed by atoms with E-state index < -0.39 is 9.84 Å². The van der Waals surface area contributed by atoms with Gasteiger partial charge in [-0.05, 0) is 26.0 Å². The first-order valence-electron chi connectivity index (χ1n) is 9.02. The molecule has 2 aliphatic heterocycles. The summed E-state index contributed by atoms with van der Waals surface area (Å²) in [6.07, 6.45) is 1.65. The summed E-state index contributed by atoms with van der Waals surface area (Å²) in [5.74, 6) is -0.112. The molecule has 1 amide bonds. The number of carbonyl (C=O) groups is 1. The van der Waals surface area contributed by atoms with Gasteiger partial charge in [-0.2, -0.15) is 0 Å². The van der Waals surface area contributed by atoms with Gasteiger partial charge < -0.3 is 9.88 Å². The first-order valence-corrected chi connectivity index (χ1v) is 10.8. The number of pyridine rings is 1. The van der Waals surface area contributed by atoms with Gasteiger partial charge in [0.15, 0.2) is 9.84 Å². The first kappa shape index (κ1) is 18.1. The summed E-state index contributed by atoms with van der Waals surface area (Å²) in [5, 5.41) is 0. The summed E-state index contributed by atoms with van der Waals surface area (Å²) in [4.78, 5) is 28.6. The van der Waals surface area contributed by atoms with Gasteiger partial charge in [-0.3, -0.25) is 9.69 Å². The molecular weight excluding hydrogens is 366 g/mol.